The smallest absolute Gasteiger partial charge is 0.489 e. The van der Waals surface area contributed by atoms with E-state index in [1.165, 1.54) is 25.3 Å². The number of nitrogens with zero attached hydrogens (tertiary/aromatic N) is 8. The first-order valence-electron chi connectivity index (χ1n) is 20.1. The lowest BCUT2D eigenvalue weighted by Gasteiger charge is -2.18. The maximum atomic E-state index is 13.5. The van der Waals surface area contributed by atoms with Gasteiger partial charge in [0.05, 0.1) is 31.0 Å². The quantitative estimate of drug-likeness (QED) is 0.0819. The molecule has 2 atom stereocenters. The molecule has 0 bridgehead atoms. The molecule has 6 heterocycles. The summed E-state index contributed by atoms with van der Waals surface area (Å²) in [5.74, 6) is -0.0713. The van der Waals surface area contributed by atoms with Crippen molar-refractivity contribution < 1.29 is 37.0 Å². The second kappa shape index (κ2) is 18.2. The van der Waals surface area contributed by atoms with Crippen LogP contribution in [-0.2, 0) is 6.54 Å². The van der Waals surface area contributed by atoms with E-state index in [9.17, 15) is 22.8 Å². The molecule has 2 aromatic carbocycles. The van der Waals surface area contributed by atoms with Gasteiger partial charge in [-0.2, -0.15) is 9.97 Å². The Kier molecular flexibility index (Phi) is 12.1. The number of halogens is 3. The highest BCUT2D eigenvalue weighted by Crippen LogP contribution is 2.29. The predicted octanol–water partition coefficient (Wildman–Crippen LogP) is 6.99. The molecular formula is C45H41F3N12O5. The van der Waals surface area contributed by atoms with Crippen LogP contribution in [0.5, 0.6) is 17.4 Å². The molecule has 0 spiro atoms. The number of methoxy groups -OCH3 is 1. The highest BCUT2D eigenvalue weighted by atomic mass is 19.4. The first-order chi connectivity index (χ1) is 31.2. The van der Waals surface area contributed by atoms with Gasteiger partial charge in [0, 0.05) is 48.0 Å². The highest BCUT2D eigenvalue weighted by Gasteiger charge is 2.31. The minimum atomic E-state index is -4.85. The van der Waals surface area contributed by atoms with Crippen LogP contribution in [0.3, 0.4) is 0 Å². The Balaban J connectivity index is 0.887. The number of ether oxygens (including phenoxy) is 3. The molecule has 0 aliphatic carbocycles. The number of amides is 2. The minimum absolute atomic E-state index is 0.0616. The summed E-state index contributed by atoms with van der Waals surface area (Å²) < 4.78 is 57.3. The van der Waals surface area contributed by atoms with E-state index in [0.717, 1.165) is 16.7 Å². The number of pyridine rings is 4. The van der Waals surface area contributed by atoms with Crippen LogP contribution in [0.2, 0.25) is 0 Å². The molecule has 0 aliphatic heterocycles. The normalized spacial score (nSPS) is 12.4. The van der Waals surface area contributed by atoms with Gasteiger partial charge in [0.2, 0.25) is 17.8 Å². The molecule has 8 aromatic rings. The van der Waals surface area contributed by atoms with Crippen LogP contribution in [0.4, 0.5) is 25.1 Å². The second-order valence-corrected chi connectivity index (χ2v) is 14.9. The molecule has 5 N–H and O–H groups in total. The maximum absolute atomic E-state index is 13.5. The van der Waals surface area contributed by atoms with Gasteiger partial charge < -0.3 is 35.9 Å². The number of para-hydroxylation sites is 1. The van der Waals surface area contributed by atoms with Crippen molar-refractivity contribution in [3.63, 3.8) is 0 Å². The summed E-state index contributed by atoms with van der Waals surface area (Å²) in [5.41, 5.74) is 11.9. The van der Waals surface area contributed by atoms with Gasteiger partial charge in [-0.3, -0.25) is 14.6 Å². The van der Waals surface area contributed by atoms with Crippen molar-refractivity contribution in [1.29, 1.82) is 0 Å². The van der Waals surface area contributed by atoms with Gasteiger partial charge in [0.1, 0.15) is 23.2 Å². The fraction of sp³-hybridized carbons (Fsp3) is 0.200. The van der Waals surface area contributed by atoms with E-state index >= 15 is 0 Å². The van der Waals surface area contributed by atoms with Crippen LogP contribution in [0.25, 0.3) is 33.5 Å². The SMILES string of the molecule is COc1ncc(-c2ccn3nc(NCC(C)Oc4ccccc4CNC(=O)c4cc(-c5ccn6nc(N)nc6c5)cnc4C)nc3c2)cc1C(=O)NC(C)c1cccc(OC(F)(F)F)c1. The Morgan fingerprint density at radius 3 is 2.23 bits per heavy atom. The van der Waals surface area contributed by atoms with Crippen molar-refractivity contribution in [3.8, 4) is 39.6 Å². The number of carbonyl (C=O) groups excluding carboxylic acids is 2. The molecule has 17 nitrogen and oxygen atoms in total. The average molecular weight is 887 g/mol. The van der Waals surface area contributed by atoms with E-state index in [1.54, 1.807) is 78.0 Å². The summed E-state index contributed by atoms with van der Waals surface area (Å²) in [4.78, 5) is 44.6. The van der Waals surface area contributed by atoms with Gasteiger partial charge in [0.25, 0.3) is 11.8 Å². The number of nitrogen functional groups attached to an aromatic ring is 1. The Morgan fingerprint density at radius 1 is 0.800 bits per heavy atom. The number of anilines is 2. The van der Waals surface area contributed by atoms with E-state index in [2.05, 4.69) is 50.8 Å². The number of aromatic nitrogens is 8. The van der Waals surface area contributed by atoms with E-state index in [4.69, 9.17) is 15.2 Å². The number of benzene rings is 2. The largest absolute Gasteiger partial charge is 0.573 e. The van der Waals surface area contributed by atoms with E-state index in [-0.39, 0.29) is 35.9 Å². The van der Waals surface area contributed by atoms with Gasteiger partial charge >= 0.3 is 6.36 Å². The lowest BCUT2D eigenvalue weighted by Crippen LogP contribution is -2.27. The Hall–Kier alpha value is -8.29. The van der Waals surface area contributed by atoms with Gasteiger partial charge in [0.15, 0.2) is 11.3 Å². The predicted molar refractivity (Wildman–Crippen MR) is 233 cm³/mol. The standard InChI is InChI=1S/C45H41F3N12O5/c1-25(64-37-11-6-5-8-31(37)22-51-40(61)35-17-32(23-50-27(35)3)29-12-14-59-38(19-29)55-43(49)57-59)21-53-44-56-39-20-30(13-15-60(39)58-44)33-18-36(42(63-4)52-24-33)41(62)54-26(2)28-9-7-10-34(16-28)65-45(46,47)48/h5-20,23-26H,21-22H2,1-4H3,(H2,49,57)(H,51,61)(H,53,58)(H,54,62). The molecule has 0 aliphatic rings. The number of nitrogens with one attached hydrogen (secondary N) is 3. The number of aryl methyl sites for hydroxylation is 1. The number of hydrogen-bond acceptors (Lipinski definition) is 13. The van der Waals surface area contributed by atoms with Crippen LogP contribution in [0.1, 0.15) is 57.4 Å². The molecule has 0 saturated carbocycles. The van der Waals surface area contributed by atoms with Crippen molar-refractivity contribution >= 4 is 35.0 Å². The van der Waals surface area contributed by atoms with Crippen molar-refractivity contribution in [3.05, 3.63) is 138 Å². The van der Waals surface area contributed by atoms with Gasteiger partial charge in [-0.15, -0.1) is 23.4 Å². The number of alkyl halides is 3. The third-order valence-electron chi connectivity index (χ3n) is 10.2. The minimum Gasteiger partial charge on any atom is -0.489 e. The van der Waals surface area contributed by atoms with Crippen molar-refractivity contribution in [2.75, 3.05) is 24.7 Å². The monoisotopic (exact) mass is 886 g/mol. The lowest BCUT2D eigenvalue weighted by atomic mass is 10.0. The molecule has 0 saturated heterocycles. The summed E-state index contributed by atoms with van der Waals surface area (Å²) in [6.07, 6.45) is 1.53. The Bertz CT molecular complexity index is 3050. The summed E-state index contributed by atoms with van der Waals surface area (Å²) in [7, 11) is 1.38. The number of carbonyl (C=O) groups is 2. The van der Waals surface area contributed by atoms with Crippen LogP contribution >= 0.6 is 0 Å². The van der Waals surface area contributed by atoms with Gasteiger partial charge in [-0.25, -0.2) is 14.0 Å². The maximum Gasteiger partial charge on any atom is 0.573 e. The topological polar surface area (TPSA) is 210 Å². The summed E-state index contributed by atoms with van der Waals surface area (Å²) in [6.45, 7) is 5.85. The van der Waals surface area contributed by atoms with Crippen molar-refractivity contribution in [1.82, 2.24) is 49.8 Å². The summed E-state index contributed by atoms with van der Waals surface area (Å²) in [6, 6.07) is 22.8. The molecule has 8 rings (SSSR count). The first-order valence-corrected chi connectivity index (χ1v) is 20.1. The van der Waals surface area contributed by atoms with E-state index in [0.29, 0.717) is 57.5 Å². The van der Waals surface area contributed by atoms with Crippen LogP contribution in [-0.4, -0.2) is 77.1 Å². The zero-order valence-electron chi connectivity index (χ0n) is 35.3. The summed E-state index contributed by atoms with van der Waals surface area (Å²) >= 11 is 0. The van der Waals surface area contributed by atoms with Crippen molar-refractivity contribution in [2.24, 2.45) is 0 Å². The van der Waals surface area contributed by atoms with E-state index in [1.807, 2.05) is 43.3 Å². The number of fused-ring (bicyclic) bond motifs is 2. The first kappa shape index (κ1) is 43.4. The zero-order chi connectivity index (χ0) is 45.8. The molecule has 2 unspecified atom stereocenters. The fourth-order valence-electron chi connectivity index (χ4n) is 6.94. The highest BCUT2D eigenvalue weighted by molar-refractivity contribution is 5.98. The lowest BCUT2D eigenvalue weighted by molar-refractivity contribution is -0.274. The van der Waals surface area contributed by atoms with Crippen molar-refractivity contribution in [2.45, 2.75) is 45.8 Å². The molecule has 0 fully saturated rings. The van der Waals surface area contributed by atoms with Crippen LogP contribution < -0.4 is 35.9 Å². The Morgan fingerprint density at radius 2 is 1.49 bits per heavy atom. The number of rotatable bonds is 15. The third kappa shape index (κ3) is 10.2. The molecule has 20 heteroatoms. The molecule has 6 aromatic heterocycles. The molecule has 2 amide bonds. The average Bonchev–Trinajstić information content (AvgIpc) is 3.88. The van der Waals surface area contributed by atoms with Gasteiger partial charge in [-0.1, -0.05) is 30.3 Å². The zero-order valence-corrected chi connectivity index (χ0v) is 35.3. The van der Waals surface area contributed by atoms with Crippen LogP contribution in [0.15, 0.2) is 110 Å². The second-order valence-electron chi connectivity index (χ2n) is 14.9. The van der Waals surface area contributed by atoms with Crippen LogP contribution in [0, 0.1) is 6.92 Å². The third-order valence-corrected chi connectivity index (χ3v) is 10.2. The molecule has 65 heavy (non-hydrogen) atoms. The fourth-order valence-corrected chi connectivity index (χ4v) is 6.94. The molecule has 0 radical (unpaired) electrons. The van der Waals surface area contributed by atoms with Gasteiger partial charge in [-0.05, 0) is 92.1 Å². The molecular weight excluding hydrogens is 846 g/mol. The Labute approximate surface area is 368 Å². The molecule has 332 valence electrons. The van der Waals surface area contributed by atoms with E-state index < -0.39 is 24.1 Å². The number of hydrogen-bond donors (Lipinski definition) is 4. The number of nitrogens with two attached hydrogens (primary N) is 1. The summed E-state index contributed by atoms with van der Waals surface area (Å²) in [5, 5.41) is 17.7.